The second-order valence-electron chi connectivity index (χ2n) is 8.23. The lowest BCUT2D eigenvalue weighted by atomic mass is 10.0. The van der Waals surface area contributed by atoms with Crippen LogP contribution in [0.1, 0.15) is 11.5 Å². The molecule has 0 aliphatic carbocycles. The quantitative estimate of drug-likeness (QED) is 0.360. The summed E-state index contributed by atoms with van der Waals surface area (Å²) in [6.45, 7) is 5.34. The van der Waals surface area contributed by atoms with Gasteiger partial charge in [0.1, 0.15) is 11.9 Å². The summed E-state index contributed by atoms with van der Waals surface area (Å²) in [5.41, 5.74) is 5.15. The van der Waals surface area contributed by atoms with Gasteiger partial charge in [0.05, 0.1) is 11.3 Å². The number of hydrogen-bond donors (Lipinski definition) is 3. The predicted molar refractivity (Wildman–Crippen MR) is 131 cm³/mol. The number of carbonyl (C=O) groups is 1. The van der Waals surface area contributed by atoms with E-state index in [1.54, 1.807) is 13.1 Å². The van der Waals surface area contributed by atoms with E-state index < -0.39 is 12.1 Å². The molecule has 0 spiro atoms. The number of halogens is 3. The molecule has 1 aliphatic rings. The molecule has 0 radical (unpaired) electrons. The van der Waals surface area contributed by atoms with Crippen LogP contribution in [0.3, 0.4) is 0 Å². The van der Waals surface area contributed by atoms with Gasteiger partial charge in [-0.3, -0.25) is 4.98 Å². The zero-order valence-corrected chi connectivity index (χ0v) is 20.1. The molecule has 1 fully saturated rings. The zero-order chi connectivity index (χ0) is 27.3. The number of piperazine rings is 1. The summed E-state index contributed by atoms with van der Waals surface area (Å²) in [5.74, 6) is -0.862. The number of rotatable bonds is 4. The van der Waals surface area contributed by atoms with Crippen LogP contribution in [0.5, 0.6) is 0 Å². The van der Waals surface area contributed by atoms with Gasteiger partial charge in [0, 0.05) is 61.7 Å². The van der Waals surface area contributed by atoms with Crippen molar-refractivity contribution in [2.45, 2.75) is 13.1 Å². The fourth-order valence-electron chi connectivity index (χ4n) is 3.80. The number of nitrogens with zero attached hydrogens (tertiary/aromatic N) is 5. The van der Waals surface area contributed by atoms with E-state index in [9.17, 15) is 18.4 Å². The number of benzene rings is 1. The van der Waals surface area contributed by atoms with Gasteiger partial charge in [0.2, 0.25) is 11.8 Å². The maximum atomic E-state index is 10.6. The number of carboxylic acids is 1. The van der Waals surface area contributed by atoms with Crippen molar-refractivity contribution in [3.05, 3.63) is 60.1 Å². The lowest BCUT2D eigenvalue weighted by Gasteiger charge is -2.28. The van der Waals surface area contributed by atoms with Crippen molar-refractivity contribution in [3.8, 4) is 40.0 Å². The van der Waals surface area contributed by atoms with Crippen molar-refractivity contribution in [2.75, 3.05) is 31.1 Å². The van der Waals surface area contributed by atoms with Crippen LogP contribution in [-0.2, 0) is 4.79 Å². The topological polar surface area (TPSA) is 144 Å². The summed E-state index contributed by atoms with van der Waals surface area (Å²) in [7, 11) is 0. The van der Waals surface area contributed by atoms with Gasteiger partial charge in [-0.05, 0) is 30.3 Å². The lowest BCUT2D eigenvalue weighted by Crippen LogP contribution is -2.44. The van der Waals surface area contributed by atoms with Gasteiger partial charge in [0.15, 0.2) is 0 Å². The largest absolute Gasteiger partial charge is 0.490 e. The number of nitrogens with one attached hydrogen (secondary N) is 2. The molecule has 5 rings (SSSR count). The molecule has 0 atom stereocenters. The number of aromatic nitrogens is 4. The summed E-state index contributed by atoms with van der Waals surface area (Å²) in [6.07, 6.45) is -3.30. The Bertz CT molecular complexity index is 1470. The number of nitriles is 1. The predicted octanol–water partition coefficient (Wildman–Crippen LogP) is 4.02. The molecular weight excluding hydrogens is 503 g/mol. The number of H-pyrrole nitrogens is 1. The van der Waals surface area contributed by atoms with Crippen LogP contribution >= 0.6 is 0 Å². The highest BCUT2D eigenvalue weighted by Gasteiger charge is 2.38. The highest BCUT2D eigenvalue weighted by Crippen LogP contribution is 2.30. The third-order valence-electron chi connectivity index (χ3n) is 5.60. The minimum absolute atomic E-state index is 0.485. The van der Waals surface area contributed by atoms with Crippen molar-refractivity contribution in [1.82, 2.24) is 25.5 Å². The number of aliphatic carboxylic acids is 1. The highest BCUT2D eigenvalue weighted by molar-refractivity contribution is 5.75. The maximum absolute atomic E-state index is 10.6. The van der Waals surface area contributed by atoms with E-state index in [2.05, 4.69) is 36.5 Å². The fraction of sp³-hybridized carbons (Fsp3) is 0.240. The Balaban J connectivity index is 0.000000426. The number of aryl methyl sites for hydroxylation is 1. The Hall–Kier alpha value is -4.70. The molecule has 3 aromatic heterocycles. The molecular formula is C25H22F3N7O3. The Morgan fingerprint density at radius 2 is 1.82 bits per heavy atom. The first-order valence-corrected chi connectivity index (χ1v) is 11.4. The Morgan fingerprint density at radius 1 is 1.11 bits per heavy atom. The van der Waals surface area contributed by atoms with E-state index in [1.165, 1.54) is 0 Å². The van der Waals surface area contributed by atoms with Crippen LogP contribution in [-0.4, -0.2) is 63.6 Å². The van der Waals surface area contributed by atoms with Gasteiger partial charge in [-0.1, -0.05) is 12.1 Å². The standard InChI is InChI=1S/C23H21N7O.C2HF3O2/c1-15-28-29-23(31-15)18-4-2-3-16(11-18)20-12-17(5-6-26-20)21-13-19(14-24)22(27-21)30-9-7-25-8-10-30;3-2(4,5)1(6)7/h2-6,11-13,25,27H,7-10H2,1H3;(H,6,7). The van der Waals surface area contributed by atoms with E-state index in [-0.39, 0.29) is 0 Å². The number of anilines is 1. The smallest absolute Gasteiger partial charge is 0.475 e. The molecule has 1 saturated heterocycles. The number of hydrogen-bond acceptors (Lipinski definition) is 8. The van der Waals surface area contributed by atoms with Crippen LogP contribution in [0.2, 0.25) is 0 Å². The second kappa shape index (κ2) is 11.1. The van der Waals surface area contributed by atoms with Crippen LogP contribution < -0.4 is 10.2 Å². The Morgan fingerprint density at radius 3 is 2.45 bits per heavy atom. The van der Waals surface area contributed by atoms with E-state index in [1.807, 2.05) is 42.5 Å². The summed E-state index contributed by atoms with van der Waals surface area (Å²) in [4.78, 5) is 19.1. The molecule has 1 aliphatic heterocycles. The van der Waals surface area contributed by atoms with Gasteiger partial charge in [-0.25, -0.2) is 4.79 Å². The van der Waals surface area contributed by atoms with Gasteiger partial charge in [-0.15, -0.1) is 10.2 Å². The molecule has 196 valence electrons. The monoisotopic (exact) mass is 525 g/mol. The van der Waals surface area contributed by atoms with E-state index in [0.717, 1.165) is 60.1 Å². The molecule has 0 saturated carbocycles. The number of alkyl halides is 3. The maximum Gasteiger partial charge on any atom is 0.490 e. The zero-order valence-electron chi connectivity index (χ0n) is 20.1. The summed E-state index contributed by atoms with van der Waals surface area (Å²) < 4.78 is 37.3. The number of carboxylic acid groups (broad SMARTS) is 1. The van der Waals surface area contributed by atoms with E-state index in [4.69, 9.17) is 14.3 Å². The summed E-state index contributed by atoms with van der Waals surface area (Å²) >= 11 is 0. The normalized spacial score (nSPS) is 13.4. The lowest BCUT2D eigenvalue weighted by molar-refractivity contribution is -0.192. The summed E-state index contributed by atoms with van der Waals surface area (Å²) in [6, 6.07) is 16.1. The van der Waals surface area contributed by atoms with Crippen LogP contribution in [0.25, 0.3) is 34.0 Å². The van der Waals surface area contributed by atoms with Crippen LogP contribution in [0.4, 0.5) is 19.0 Å². The fourth-order valence-corrected chi connectivity index (χ4v) is 3.80. The third-order valence-corrected chi connectivity index (χ3v) is 5.60. The Labute approximate surface area is 214 Å². The number of pyridine rings is 1. The van der Waals surface area contributed by atoms with Crippen molar-refractivity contribution in [3.63, 3.8) is 0 Å². The molecule has 0 amide bonds. The van der Waals surface area contributed by atoms with Crippen molar-refractivity contribution in [2.24, 2.45) is 0 Å². The molecule has 4 heterocycles. The van der Waals surface area contributed by atoms with Gasteiger partial charge in [-0.2, -0.15) is 18.4 Å². The summed E-state index contributed by atoms with van der Waals surface area (Å²) in [5, 5.41) is 28.1. The van der Waals surface area contributed by atoms with Gasteiger partial charge in [0.25, 0.3) is 0 Å². The molecule has 0 unspecified atom stereocenters. The second-order valence-corrected chi connectivity index (χ2v) is 8.23. The van der Waals surface area contributed by atoms with Gasteiger partial charge >= 0.3 is 12.1 Å². The van der Waals surface area contributed by atoms with Crippen molar-refractivity contribution in [1.29, 1.82) is 5.26 Å². The van der Waals surface area contributed by atoms with Gasteiger partial charge < -0.3 is 24.7 Å². The van der Waals surface area contributed by atoms with Crippen molar-refractivity contribution >= 4 is 11.8 Å². The highest BCUT2D eigenvalue weighted by atomic mass is 19.4. The first-order chi connectivity index (χ1) is 18.2. The number of aromatic amines is 1. The molecule has 13 heteroatoms. The Kier molecular flexibility index (Phi) is 7.73. The molecule has 1 aromatic carbocycles. The third kappa shape index (κ3) is 6.16. The van der Waals surface area contributed by atoms with Crippen molar-refractivity contribution < 1.29 is 27.5 Å². The molecule has 4 aromatic rings. The average Bonchev–Trinajstić information content (AvgIpc) is 3.56. The van der Waals surface area contributed by atoms with E-state index >= 15 is 0 Å². The molecule has 10 nitrogen and oxygen atoms in total. The van der Waals surface area contributed by atoms with Crippen LogP contribution in [0.15, 0.2) is 53.1 Å². The molecule has 3 N–H and O–H groups in total. The average molecular weight is 525 g/mol. The van der Waals surface area contributed by atoms with E-state index in [0.29, 0.717) is 17.3 Å². The first kappa shape index (κ1) is 26.4. The first-order valence-electron chi connectivity index (χ1n) is 11.4. The minimum Gasteiger partial charge on any atom is -0.475 e. The molecule has 0 bridgehead atoms. The molecule has 38 heavy (non-hydrogen) atoms. The SMILES string of the molecule is Cc1nnc(-c2cccc(-c3cc(-c4cc(C#N)c(N5CCNCC5)[nH]4)ccn3)c2)o1.O=C(O)C(F)(F)F. The van der Waals surface area contributed by atoms with Crippen LogP contribution in [0, 0.1) is 18.3 Å². The minimum atomic E-state index is -5.08.